The van der Waals surface area contributed by atoms with Gasteiger partial charge in [-0.25, -0.2) is 0 Å². The molecule has 3 aromatic rings. The number of aliphatic hydroxyl groups excluding tert-OH is 3. The van der Waals surface area contributed by atoms with Crippen LogP contribution in [0.3, 0.4) is 0 Å². The van der Waals surface area contributed by atoms with Crippen molar-refractivity contribution in [1.82, 2.24) is 0 Å². The maximum atomic E-state index is 12.1. The zero-order valence-electron chi connectivity index (χ0n) is 55.5. The van der Waals surface area contributed by atoms with Crippen molar-refractivity contribution in [3.05, 3.63) is 102 Å². The summed E-state index contributed by atoms with van der Waals surface area (Å²) >= 11 is 0. The second kappa shape index (κ2) is 55.3. The summed E-state index contributed by atoms with van der Waals surface area (Å²) in [6.45, 7) is 23.7. The summed E-state index contributed by atoms with van der Waals surface area (Å²) in [6, 6.07) is 19.4. The second-order valence-electron chi connectivity index (χ2n) is 21.2. The minimum atomic E-state index is -3.87. The first kappa shape index (κ1) is 101. The van der Waals surface area contributed by atoms with Gasteiger partial charge in [0.2, 0.25) is 0 Å². The molecule has 6 unspecified atom stereocenters. The Labute approximate surface area is 608 Å². The van der Waals surface area contributed by atoms with E-state index in [1.807, 2.05) is 78.8 Å². The summed E-state index contributed by atoms with van der Waals surface area (Å²) < 4.78 is 117. The molecule has 10 radical (unpaired) electrons. The van der Waals surface area contributed by atoms with Gasteiger partial charge in [-0.1, -0.05) is 123 Å². The molecule has 2 saturated heterocycles. The van der Waals surface area contributed by atoms with Crippen molar-refractivity contribution in [2.24, 2.45) is 0 Å². The molecule has 0 bridgehead atoms. The van der Waals surface area contributed by atoms with Gasteiger partial charge in [0.1, 0.15) is 56.0 Å². The molecule has 526 valence electrons. The van der Waals surface area contributed by atoms with E-state index in [1.165, 1.54) is 24.3 Å². The fourth-order valence-corrected chi connectivity index (χ4v) is 11.7. The number of aryl methyl sites for hydroxylation is 2. The molecule has 2 aliphatic heterocycles. The molecular formula is C60H108B5NaO20P6S2. The fourth-order valence-electron chi connectivity index (χ4n) is 8.03. The van der Waals surface area contributed by atoms with E-state index in [4.69, 9.17) is 109 Å². The Morgan fingerprint density at radius 2 is 0.926 bits per heavy atom. The molecule has 5 rings (SSSR count). The third-order valence-corrected chi connectivity index (χ3v) is 18.9. The predicted molar refractivity (Wildman–Crippen MR) is 394 cm³/mol. The maximum absolute atomic E-state index is 12.1. The van der Waals surface area contributed by atoms with Crippen LogP contribution in [0.4, 0.5) is 0 Å². The Bertz CT molecular complexity index is 2490. The van der Waals surface area contributed by atoms with Gasteiger partial charge in [-0.2, -0.15) is 41.5 Å². The molecule has 2 fully saturated rings. The van der Waals surface area contributed by atoms with Crippen LogP contribution < -0.4 is 29.6 Å². The molecule has 0 spiro atoms. The maximum Gasteiger partial charge on any atom is 1.00 e. The predicted octanol–water partition coefficient (Wildman–Crippen LogP) is 6.08. The van der Waals surface area contributed by atoms with Gasteiger partial charge in [-0.3, -0.25) is 8.37 Å². The van der Waals surface area contributed by atoms with E-state index in [9.17, 15) is 21.9 Å². The first-order chi connectivity index (χ1) is 43.0. The molecular weight excluding hydrogens is 1370 g/mol. The van der Waals surface area contributed by atoms with Gasteiger partial charge in [-0.05, 0) is 83.1 Å². The topological polar surface area (TPSA) is 249 Å². The summed E-state index contributed by atoms with van der Waals surface area (Å²) in [5.41, 5.74) is 0.193. The molecule has 20 nitrogen and oxygen atoms in total. The SMILES string of the molecule is C.C.[B][C@@H](CO)O[C@@](CC)(CO)COP.[B][C@@H](COS(=O)(=O)c1ccc(C)cc1)OC(CC)(CC)CO.[B][C@@H](COS(=O)(=O)c1ccc(C)cc1)OC(CC)(CC)COP.[B][C@H]1COC[C@@](CC)(COPP)O1.[B][C@H]1COC[C@@](CC)(COPP)O1.[CH2-]c1ccccc1.[Na+]. The van der Waals surface area contributed by atoms with Crippen LogP contribution in [0.1, 0.15) is 125 Å². The van der Waals surface area contributed by atoms with Crippen molar-refractivity contribution in [2.75, 3.05) is 85.9 Å². The van der Waals surface area contributed by atoms with Gasteiger partial charge < -0.3 is 66.6 Å². The summed E-state index contributed by atoms with van der Waals surface area (Å²) in [6.07, 6.45) is 4.79. The van der Waals surface area contributed by atoms with Gasteiger partial charge in [0.15, 0.2) is 0 Å². The van der Waals surface area contributed by atoms with E-state index in [-0.39, 0.29) is 117 Å². The number of hydrogen-bond acceptors (Lipinski definition) is 20. The first-order valence-electron chi connectivity index (χ1n) is 29.8. The van der Waals surface area contributed by atoms with Crippen LogP contribution in [-0.2, 0) is 79.9 Å². The van der Waals surface area contributed by atoms with E-state index < -0.39 is 55.0 Å². The van der Waals surface area contributed by atoms with Crippen molar-refractivity contribution < 1.29 is 121 Å². The largest absolute Gasteiger partial charge is 1.00 e. The fraction of sp³-hybridized carbons (Fsp3) is 0.683. The summed E-state index contributed by atoms with van der Waals surface area (Å²) in [4.78, 5) is 0.172. The normalized spacial score (nSPS) is 19.7. The Morgan fingerprint density at radius 3 is 1.20 bits per heavy atom. The second-order valence-corrected chi connectivity index (χ2v) is 27.6. The third-order valence-electron chi connectivity index (χ3n) is 14.3. The Kier molecular flexibility index (Phi) is 59.4. The number of aliphatic hydroxyl groups is 3. The zero-order chi connectivity index (χ0) is 69.2. The zero-order valence-corrected chi connectivity index (χ0v) is 65.8. The minimum Gasteiger partial charge on any atom is -0.395 e. The summed E-state index contributed by atoms with van der Waals surface area (Å²) in [5.74, 6) is 0. The minimum absolute atomic E-state index is 0. The smallest absolute Gasteiger partial charge is 0.395 e. The van der Waals surface area contributed by atoms with E-state index in [0.29, 0.717) is 95.3 Å². The quantitative estimate of drug-likeness (QED) is 0.0265. The Balaban J connectivity index is -0.000000531. The van der Waals surface area contributed by atoms with Crippen molar-refractivity contribution in [1.29, 1.82) is 0 Å². The van der Waals surface area contributed by atoms with E-state index in [2.05, 4.69) is 57.6 Å². The molecule has 34 heteroatoms. The molecule has 0 aliphatic carbocycles. The van der Waals surface area contributed by atoms with E-state index >= 15 is 0 Å². The van der Waals surface area contributed by atoms with Crippen LogP contribution in [-0.4, -0.2) is 215 Å². The van der Waals surface area contributed by atoms with Gasteiger partial charge in [-0.15, -0.1) is 12.1 Å². The number of benzene rings is 3. The summed E-state index contributed by atoms with van der Waals surface area (Å²) in [7, 11) is 30.8. The van der Waals surface area contributed by atoms with Crippen LogP contribution in [0.15, 0.2) is 88.7 Å². The number of rotatable bonds is 34. The molecule has 0 aromatic heterocycles. The van der Waals surface area contributed by atoms with Crippen LogP contribution in [0, 0.1) is 20.8 Å². The van der Waals surface area contributed by atoms with Crippen LogP contribution in [0.2, 0.25) is 0 Å². The monoisotopic (exact) mass is 1480 g/mol. The van der Waals surface area contributed by atoms with Crippen molar-refractivity contribution in [2.45, 2.75) is 190 Å². The van der Waals surface area contributed by atoms with Crippen molar-refractivity contribution in [3.63, 3.8) is 0 Å². The molecule has 2 heterocycles. The van der Waals surface area contributed by atoms with E-state index in [1.54, 1.807) is 24.3 Å². The molecule has 3 aromatic carbocycles. The summed E-state index contributed by atoms with van der Waals surface area (Å²) in [5, 5.41) is 27.2. The van der Waals surface area contributed by atoms with Gasteiger partial charge in [0.05, 0.1) is 107 Å². The Hall–Kier alpha value is 0.695. The van der Waals surface area contributed by atoms with Crippen LogP contribution in [0.5, 0.6) is 0 Å². The molecule has 94 heavy (non-hydrogen) atoms. The van der Waals surface area contributed by atoms with Crippen molar-refractivity contribution in [3.8, 4) is 0 Å². The Morgan fingerprint density at radius 1 is 0.585 bits per heavy atom. The first-order valence-corrected chi connectivity index (χ1v) is 39.0. The average molecular weight is 1480 g/mol. The van der Waals surface area contributed by atoms with Gasteiger partial charge in [0.25, 0.3) is 20.2 Å². The van der Waals surface area contributed by atoms with Gasteiger partial charge in [0, 0.05) is 65.9 Å². The molecule has 14 atom stereocenters. The third kappa shape index (κ3) is 40.5. The molecule has 0 saturated carbocycles. The molecule has 2 aliphatic rings. The van der Waals surface area contributed by atoms with E-state index in [0.717, 1.165) is 29.5 Å². The standard InChI is InChI=1S/C15H24BO5PS.C15H23BO5S.C7H16BO4P.2C7H15BO3P2.C7H7.2CH4.Na/c1-4-15(5-2,11-19-22)21-14(16)10-20-23(17,18)13-8-6-12(3)7-9-13;1-4-15(5-2,11-17)21-14(16)10-20-22(18,19)13-8-6-12(3)7-9-13;1-2-7(4-10,5-11-13)12-6(8)3-9;2*1-2-7(5-10-13-12)4-9-3-6(8)11-7;1-7-5-3-2-4-6-7;;;/h6-9,14H,4-5,10-11,22H2,1-3H3;6-9,14,17H,4-5,10-11H2,1-3H3;6,9-10H,2-5,13H2,1H3;2*6,13H,2-5,12H2,1H3;2-6H,1H2;2*1H4;/q;;;;;-1;;;+1/t2*14-;3*6-,7+;;;;/m11111..../s1. The molecule has 3 N–H and O–H groups in total. The van der Waals surface area contributed by atoms with Crippen LogP contribution >= 0.6 is 53.8 Å². The van der Waals surface area contributed by atoms with Crippen LogP contribution in [0.25, 0.3) is 0 Å². The van der Waals surface area contributed by atoms with Crippen molar-refractivity contribution >= 4 is 113 Å². The number of hydrogen-bond donors (Lipinski definition) is 3. The average Bonchev–Trinajstić information content (AvgIpc) is 0.980. The molecule has 0 amide bonds. The number of ether oxygens (including phenoxy) is 7. The van der Waals surface area contributed by atoms with Gasteiger partial charge >= 0.3 is 29.6 Å².